The highest BCUT2D eigenvalue weighted by molar-refractivity contribution is 7.15. The summed E-state index contributed by atoms with van der Waals surface area (Å²) in [5, 5.41) is 3.32. The molecule has 0 spiro atoms. The molecule has 1 saturated heterocycles. The molecule has 2 heterocycles. The van der Waals surface area contributed by atoms with Crippen LogP contribution in [0.15, 0.2) is 30.5 Å². The Morgan fingerprint density at radius 3 is 2.46 bits per heavy atom. The van der Waals surface area contributed by atoms with Gasteiger partial charge in [0.1, 0.15) is 4.88 Å². The Kier molecular flexibility index (Phi) is 5.40. The number of hydrogen-bond donors (Lipinski definition) is 1. The Hall–Kier alpha value is -1.60. The van der Waals surface area contributed by atoms with E-state index in [1.807, 2.05) is 18.2 Å². The minimum absolute atomic E-state index is 0.301. The molecule has 1 aromatic heterocycles. The molecule has 0 aliphatic carbocycles. The van der Waals surface area contributed by atoms with Crippen LogP contribution in [-0.4, -0.2) is 23.0 Å². The van der Waals surface area contributed by atoms with E-state index in [-0.39, 0.29) is 0 Å². The Morgan fingerprint density at radius 1 is 1.08 bits per heavy atom. The molecule has 7 heteroatoms. The first-order valence-corrected chi connectivity index (χ1v) is 8.90. The van der Waals surface area contributed by atoms with Gasteiger partial charge in [0.2, 0.25) is 0 Å². The minimum Gasteiger partial charge on any atom is -0.357 e. The average molecular weight is 355 g/mol. The normalized spacial score (nSPS) is 16.3. The first kappa shape index (κ1) is 17.2. The van der Waals surface area contributed by atoms with Gasteiger partial charge in [-0.3, -0.25) is 4.90 Å². The molecule has 130 valence electrons. The lowest BCUT2D eigenvalue weighted by molar-refractivity contribution is -0.134. The first-order valence-electron chi connectivity index (χ1n) is 8.08. The van der Waals surface area contributed by atoms with Crippen LogP contribution in [0.5, 0.6) is 0 Å². The van der Waals surface area contributed by atoms with Crippen molar-refractivity contribution in [1.82, 2.24) is 9.88 Å². The molecule has 1 aromatic carbocycles. The maximum Gasteiger partial charge on any atom is 0.427 e. The van der Waals surface area contributed by atoms with Crippen LogP contribution in [0.3, 0.4) is 0 Å². The van der Waals surface area contributed by atoms with Crippen LogP contribution in [0.1, 0.15) is 35.3 Å². The van der Waals surface area contributed by atoms with E-state index in [0.29, 0.717) is 23.0 Å². The second-order valence-corrected chi connectivity index (χ2v) is 7.02. The zero-order chi connectivity index (χ0) is 17.0. The van der Waals surface area contributed by atoms with Gasteiger partial charge in [-0.05, 0) is 37.1 Å². The molecule has 1 N–H and O–H groups in total. The molecule has 0 amide bonds. The number of hydrogen-bond acceptors (Lipinski definition) is 4. The number of aromatic nitrogens is 1. The van der Waals surface area contributed by atoms with E-state index in [1.165, 1.54) is 24.8 Å². The molecule has 0 unspecified atom stereocenters. The van der Waals surface area contributed by atoms with E-state index < -0.39 is 11.1 Å². The number of thiazole rings is 1. The van der Waals surface area contributed by atoms with Crippen LogP contribution >= 0.6 is 11.3 Å². The third kappa shape index (κ3) is 4.48. The molecule has 1 aliphatic rings. The molecule has 24 heavy (non-hydrogen) atoms. The van der Waals surface area contributed by atoms with Crippen LogP contribution in [0.25, 0.3) is 0 Å². The number of nitrogens with one attached hydrogen (secondary N) is 1. The lowest BCUT2D eigenvalue weighted by atomic mass is 10.1. The number of halogens is 3. The SMILES string of the molecule is FC(F)(F)c1cnc(NCc2ccccc2CN2CCCCC2)s1. The second-order valence-electron chi connectivity index (χ2n) is 5.99. The molecule has 0 bridgehead atoms. The Balaban J connectivity index is 1.63. The van der Waals surface area contributed by atoms with Gasteiger partial charge in [-0.1, -0.05) is 42.0 Å². The molecule has 3 nitrogen and oxygen atoms in total. The Morgan fingerprint density at radius 2 is 1.79 bits per heavy atom. The summed E-state index contributed by atoms with van der Waals surface area (Å²) in [6.07, 6.45) is 0.321. The molecule has 3 rings (SSSR count). The largest absolute Gasteiger partial charge is 0.427 e. The summed E-state index contributed by atoms with van der Waals surface area (Å²) in [5.74, 6) is 0. The van der Waals surface area contributed by atoms with Crippen molar-refractivity contribution in [1.29, 1.82) is 0 Å². The van der Waals surface area contributed by atoms with Crippen molar-refractivity contribution in [2.45, 2.75) is 38.5 Å². The molecule has 1 fully saturated rings. The van der Waals surface area contributed by atoms with Gasteiger partial charge >= 0.3 is 6.18 Å². The highest BCUT2D eigenvalue weighted by Crippen LogP contribution is 2.35. The van der Waals surface area contributed by atoms with Gasteiger partial charge in [0.25, 0.3) is 0 Å². The molecule has 0 atom stereocenters. The fraction of sp³-hybridized carbons (Fsp3) is 0.471. The van der Waals surface area contributed by atoms with Crippen molar-refractivity contribution >= 4 is 16.5 Å². The predicted octanol–water partition coefficient (Wildman–Crippen LogP) is 4.76. The molecule has 0 radical (unpaired) electrons. The van der Waals surface area contributed by atoms with E-state index in [2.05, 4.69) is 21.3 Å². The summed E-state index contributed by atoms with van der Waals surface area (Å²) in [7, 11) is 0. The summed E-state index contributed by atoms with van der Waals surface area (Å²) in [4.78, 5) is 5.58. The number of benzene rings is 1. The van der Waals surface area contributed by atoms with E-state index in [1.54, 1.807) is 0 Å². The lowest BCUT2D eigenvalue weighted by Crippen LogP contribution is -2.29. The smallest absolute Gasteiger partial charge is 0.357 e. The first-order chi connectivity index (χ1) is 11.5. The molecule has 1 aliphatic heterocycles. The van der Waals surface area contributed by atoms with Crippen molar-refractivity contribution in [3.8, 4) is 0 Å². The van der Waals surface area contributed by atoms with Crippen LogP contribution in [0.4, 0.5) is 18.3 Å². The van der Waals surface area contributed by atoms with Gasteiger partial charge in [-0.2, -0.15) is 13.2 Å². The zero-order valence-electron chi connectivity index (χ0n) is 13.3. The van der Waals surface area contributed by atoms with E-state index >= 15 is 0 Å². The number of alkyl halides is 3. The van der Waals surface area contributed by atoms with Crippen molar-refractivity contribution in [2.24, 2.45) is 0 Å². The Bertz CT molecular complexity index is 663. The van der Waals surface area contributed by atoms with Gasteiger partial charge < -0.3 is 5.32 Å². The third-order valence-corrected chi connectivity index (χ3v) is 5.18. The fourth-order valence-corrected chi connectivity index (χ4v) is 3.58. The molecule has 2 aromatic rings. The standard InChI is InChI=1S/C17H20F3N3S/c18-17(19,20)15-11-22-16(24-15)21-10-13-6-2-3-7-14(13)12-23-8-4-1-5-9-23/h2-3,6-7,11H,1,4-5,8-10,12H2,(H,21,22). The highest BCUT2D eigenvalue weighted by atomic mass is 32.1. The van der Waals surface area contributed by atoms with Crippen LogP contribution < -0.4 is 5.32 Å². The third-order valence-electron chi connectivity index (χ3n) is 4.18. The summed E-state index contributed by atoms with van der Waals surface area (Å²) in [6.45, 7) is 3.60. The van der Waals surface area contributed by atoms with Gasteiger partial charge in [0.05, 0.1) is 6.20 Å². The number of anilines is 1. The van der Waals surface area contributed by atoms with Gasteiger partial charge in [0, 0.05) is 13.1 Å². The number of nitrogens with zero attached hydrogens (tertiary/aromatic N) is 2. The summed E-state index contributed by atoms with van der Waals surface area (Å²) < 4.78 is 37.9. The topological polar surface area (TPSA) is 28.2 Å². The number of piperidine rings is 1. The fourth-order valence-electron chi connectivity index (χ4n) is 2.90. The number of likely N-dealkylation sites (tertiary alicyclic amines) is 1. The van der Waals surface area contributed by atoms with Crippen LogP contribution in [-0.2, 0) is 19.3 Å². The predicted molar refractivity (Wildman–Crippen MR) is 90.0 cm³/mol. The zero-order valence-corrected chi connectivity index (χ0v) is 14.1. The molecular weight excluding hydrogens is 335 g/mol. The molecular formula is C17H20F3N3S. The lowest BCUT2D eigenvalue weighted by Gasteiger charge is -2.27. The summed E-state index contributed by atoms with van der Waals surface area (Å²) in [6, 6.07) is 8.08. The average Bonchev–Trinajstić information content (AvgIpc) is 3.04. The van der Waals surface area contributed by atoms with Crippen molar-refractivity contribution < 1.29 is 13.2 Å². The van der Waals surface area contributed by atoms with E-state index in [9.17, 15) is 13.2 Å². The van der Waals surface area contributed by atoms with Gasteiger partial charge in [0.15, 0.2) is 5.13 Å². The maximum atomic E-state index is 12.6. The van der Waals surface area contributed by atoms with Crippen LogP contribution in [0, 0.1) is 0 Å². The Labute approximate surface area is 143 Å². The molecule has 0 saturated carbocycles. The summed E-state index contributed by atoms with van der Waals surface area (Å²) in [5.41, 5.74) is 2.33. The van der Waals surface area contributed by atoms with Crippen molar-refractivity contribution in [3.05, 3.63) is 46.5 Å². The highest BCUT2D eigenvalue weighted by Gasteiger charge is 2.33. The summed E-state index contributed by atoms with van der Waals surface area (Å²) >= 11 is 0.643. The van der Waals surface area contributed by atoms with Crippen molar-refractivity contribution in [2.75, 3.05) is 18.4 Å². The second kappa shape index (κ2) is 7.53. The van der Waals surface area contributed by atoms with Crippen LogP contribution in [0.2, 0.25) is 0 Å². The van der Waals surface area contributed by atoms with Gasteiger partial charge in [-0.15, -0.1) is 0 Å². The van der Waals surface area contributed by atoms with Crippen molar-refractivity contribution in [3.63, 3.8) is 0 Å². The minimum atomic E-state index is -4.33. The monoisotopic (exact) mass is 355 g/mol. The number of rotatable bonds is 5. The quantitative estimate of drug-likeness (QED) is 0.838. The van der Waals surface area contributed by atoms with E-state index in [4.69, 9.17) is 0 Å². The maximum absolute atomic E-state index is 12.6. The van der Waals surface area contributed by atoms with Gasteiger partial charge in [-0.25, -0.2) is 4.98 Å². The van der Waals surface area contributed by atoms with E-state index in [0.717, 1.165) is 31.4 Å².